The number of rotatable bonds is 8. The summed E-state index contributed by atoms with van der Waals surface area (Å²) < 4.78 is 33.5. The first-order chi connectivity index (χ1) is 14.0. The molecule has 0 bridgehead atoms. The summed E-state index contributed by atoms with van der Waals surface area (Å²) in [6.45, 7) is 2.39. The van der Waals surface area contributed by atoms with Gasteiger partial charge in [-0.05, 0) is 44.2 Å². The van der Waals surface area contributed by atoms with Crippen molar-refractivity contribution in [1.82, 2.24) is 14.9 Å². The second-order valence-electron chi connectivity index (χ2n) is 7.91. The number of piperidine rings is 1. The molecular formula is C21H33N3O4S. The van der Waals surface area contributed by atoms with Crippen LogP contribution in [0.4, 0.5) is 4.79 Å². The van der Waals surface area contributed by atoms with E-state index in [0.29, 0.717) is 45.2 Å². The van der Waals surface area contributed by atoms with Gasteiger partial charge in [0.1, 0.15) is 0 Å². The minimum absolute atomic E-state index is 0.0768. The number of urea groups is 1. The Bertz CT molecular complexity index is 728. The summed E-state index contributed by atoms with van der Waals surface area (Å²) in [5.74, 6) is 0. The number of hydrogen-bond acceptors (Lipinski definition) is 4. The van der Waals surface area contributed by atoms with Crippen LogP contribution in [0.5, 0.6) is 0 Å². The van der Waals surface area contributed by atoms with Crippen LogP contribution in [-0.4, -0.2) is 57.7 Å². The molecule has 7 nitrogen and oxygen atoms in total. The molecule has 3 rings (SSSR count). The molecule has 2 amide bonds. The van der Waals surface area contributed by atoms with Gasteiger partial charge in [0.2, 0.25) is 10.0 Å². The Morgan fingerprint density at radius 2 is 1.72 bits per heavy atom. The molecule has 0 aromatic heterocycles. The molecular weight excluding hydrogens is 390 g/mol. The lowest BCUT2D eigenvalue weighted by Crippen LogP contribution is -2.49. The summed E-state index contributed by atoms with van der Waals surface area (Å²) in [5, 5.41) is 2.95. The Morgan fingerprint density at radius 3 is 2.41 bits per heavy atom. The molecule has 0 spiro atoms. The summed E-state index contributed by atoms with van der Waals surface area (Å²) in [7, 11) is -3.51. The lowest BCUT2D eigenvalue weighted by molar-refractivity contribution is 0.0274. The standard InChI is InChI=1S/C21H33N3O4S/c25-21(22-14-7-17-28-19-8-3-1-4-9-19)24-15-12-18(13-16-24)23-29(26,27)20-10-5-2-6-11-20/h2,5-6,10-11,18-19,23H,1,3-4,7-9,12-17H2,(H,22,25). The van der Waals surface area contributed by atoms with Crippen LogP contribution in [0.15, 0.2) is 35.2 Å². The molecule has 29 heavy (non-hydrogen) atoms. The molecule has 0 atom stereocenters. The Hall–Kier alpha value is -1.64. The molecule has 0 unspecified atom stereocenters. The fourth-order valence-corrected chi connectivity index (χ4v) is 5.27. The van der Waals surface area contributed by atoms with Gasteiger partial charge in [-0.3, -0.25) is 0 Å². The maximum absolute atomic E-state index is 12.4. The molecule has 1 aliphatic carbocycles. The summed E-state index contributed by atoms with van der Waals surface area (Å²) in [6, 6.07) is 8.16. The van der Waals surface area contributed by atoms with Crippen molar-refractivity contribution in [2.45, 2.75) is 68.4 Å². The summed E-state index contributed by atoms with van der Waals surface area (Å²) in [6.07, 6.45) is 8.62. The van der Waals surface area contributed by atoms with Gasteiger partial charge >= 0.3 is 6.03 Å². The minimum atomic E-state index is -3.51. The van der Waals surface area contributed by atoms with Crippen molar-refractivity contribution in [2.24, 2.45) is 0 Å². The number of carbonyl (C=O) groups excluding carboxylic acids is 1. The van der Waals surface area contributed by atoms with E-state index in [1.165, 1.54) is 19.3 Å². The Kier molecular flexibility index (Phi) is 8.32. The number of sulfonamides is 1. The highest BCUT2D eigenvalue weighted by molar-refractivity contribution is 7.89. The van der Waals surface area contributed by atoms with E-state index in [4.69, 9.17) is 4.74 Å². The number of nitrogens with zero attached hydrogens (tertiary/aromatic N) is 1. The monoisotopic (exact) mass is 423 g/mol. The first-order valence-electron chi connectivity index (χ1n) is 10.8. The van der Waals surface area contributed by atoms with Gasteiger partial charge in [0.25, 0.3) is 0 Å². The minimum Gasteiger partial charge on any atom is -0.378 e. The average molecular weight is 424 g/mol. The molecule has 1 aliphatic heterocycles. The van der Waals surface area contributed by atoms with E-state index in [-0.39, 0.29) is 17.0 Å². The van der Waals surface area contributed by atoms with Crippen molar-refractivity contribution in [1.29, 1.82) is 0 Å². The number of benzene rings is 1. The average Bonchev–Trinajstić information content (AvgIpc) is 2.75. The van der Waals surface area contributed by atoms with Gasteiger partial charge in [-0.2, -0.15) is 0 Å². The van der Waals surface area contributed by atoms with Crippen molar-refractivity contribution < 1.29 is 17.9 Å². The van der Waals surface area contributed by atoms with Crippen LogP contribution >= 0.6 is 0 Å². The number of hydrogen-bond donors (Lipinski definition) is 2. The first kappa shape index (κ1) is 22.1. The zero-order valence-corrected chi connectivity index (χ0v) is 17.8. The van der Waals surface area contributed by atoms with Crippen molar-refractivity contribution >= 4 is 16.1 Å². The fraction of sp³-hybridized carbons (Fsp3) is 0.667. The third-order valence-corrected chi connectivity index (χ3v) is 7.20. The third kappa shape index (κ3) is 6.97. The Morgan fingerprint density at radius 1 is 1.03 bits per heavy atom. The van der Waals surface area contributed by atoms with Gasteiger partial charge in [0.15, 0.2) is 0 Å². The number of likely N-dealkylation sites (tertiary alicyclic amines) is 1. The van der Waals surface area contributed by atoms with Crippen molar-refractivity contribution in [3.05, 3.63) is 30.3 Å². The topological polar surface area (TPSA) is 87.7 Å². The van der Waals surface area contributed by atoms with Crippen LogP contribution in [0.2, 0.25) is 0 Å². The Balaban J connectivity index is 1.31. The van der Waals surface area contributed by atoms with E-state index >= 15 is 0 Å². The number of amides is 2. The lowest BCUT2D eigenvalue weighted by atomic mass is 9.98. The fourth-order valence-electron chi connectivity index (χ4n) is 3.95. The molecule has 1 heterocycles. The van der Waals surface area contributed by atoms with Gasteiger partial charge in [-0.1, -0.05) is 37.5 Å². The zero-order chi connectivity index (χ0) is 20.5. The molecule has 2 fully saturated rings. The highest BCUT2D eigenvalue weighted by Crippen LogP contribution is 2.20. The van der Waals surface area contributed by atoms with Crippen molar-refractivity contribution in [3.63, 3.8) is 0 Å². The molecule has 162 valence electrons. The Labute approximate surface area is 174 Å². The van der Waals surface area contributed by atoms with Gasteiger partial charge in [-0.25, -0.2) is 17.9 Å². The predicted octanol–water partition coefficient (Wildman–Crippen LogP) is 2.88. The van der Waals surface area contributed by atoms with E-state index in [9.17, 15) is 13.2 Å². The summed E-state index contributed by atoms with van der Waals surface area (Å²) in [5.41, 5.74) is 0. The zero-order valence-electron chi connectivity index (χ0n) is 17.0. The van der Waals surface area contributed by atoms with Crippen LogP contribution in [0.1, 0.15) is 51.4 Å². The largest absolute Gasteiger partial charge is 0.378 e. The molecule has 2 N–H and O–H groups in total. The van der Waals surface area contributed by atoms with E-state index in [1.807, 2.05) is 0 Å². The number of nitrogens with one attached hydrogen (secondary N) is 2. The van der Waals surface area contributed by atoms with Crippen LogP contribution in [0.25, 0.3) is 0 Å². The van der Waals surface area contributed by atoms with Crippen molar-refractivity contribution in [3.8, 4) is 0 Å². The summed E-state index contributed by atoms with van der Waals surface area (Å²) in [4.78, 5) is 14.3. The van der Waals surface area contributed by atoms with Gasteiger partial charge < -0.3 is 15.0 Å². The van der Waals surface area contributed by atoms with Crippen LogP contribution in [-0.2, 0) is 14.8 Å². The quantitative estimate of drug-likeness (QED) is 0.630. The predicted molar refractivity (Wildman–Crippen MR) is 112 cm³/mol. The SMILES string of the molecule is O=C(NCCCOC1CCCCC1)N1CCC(NS(=O)(=O)c2ccccc2)CC1. The summed E-state index contributed by atoms with van der Waals surface area (Å²) >= 11 is 0. The molecule has 1 aromatic rings. The lowest BCUT2D eigenvalue weighted by Gasteiger charge is -2.32. The second kappa shape index (κ2) is 10.9. The van der Waals surface area contributed by atoms with E-state index in [0.717, 1.165) is 19.3 Å². The van der Waals surface area contributed by atoms with Crippen LogP contribution < -0.4 is 10.0 Å². The molecule has 8 heteroatoms. The second-order valence-corrected chi connectivity index (χ2v) is 9.63. The van der Waals surface area contributed by atoms with Crippen LogP contribution in [0, 0.1) is 0 Å². The van der Waals surface area contributed by atoms with E-state index in [1.54, 1.807) is 35.2 Å². The molecule has 2 aliphatic rings. The normalized spacial score (nSPS) is 19.2. The highest BCUT2D eigenvalue weighted by atomic mass is 32.2. The third-order valence-electron chi connectivity index (χ3n) is 5.66. The van der Waals surface area contributed by atoms with Gasteiger partial charge in [0.05, 0.1) is 11.0 Å². The number of carbonyl (C=O) groups is 1. The van der Waals surface area contributed by atoms with Crippen molar-refractivity contribution in [2.75, 3.05) is 26.2 Å². The molecule has 1 saturated carbocycles. The molecule has 1 aromatic carbocycles. The van der Waals surface area contributed by atoms with Gasteiger partial charge in [0, 0.05) is 32.3 Å². The van der Waals surface area contributed by atoms with E-state index in [2.05, 4.69) is 10.0 Å². The highest BCUT2D eigenvalue weighted by Gasteiger charge is 2.26. The maximum atomic E-state index is 12.4. The first-order valence-corrected chi connectivity index (χ1v) is 12.2. The van der Waals surface area contributed by atoms with E-state index < -0.39 is 10.0 Å². The van der Waals surface area contributed by atoms with Gasteiger partial charge in [-0.15, -0.1) is 0 Å². The van der Waals surface area contributed by atoms with Crippen LogP contribution in [0.3, 0.4) is 0 Å². The maximum Gasteiger partial charge on any atom is 0.317 e. The molecule has 0 radical (unpaired) electrons. The smallest absolute Gasteiger partial charge is 0.317 e. The number of ether oxygens (including phenoxy) is 1. The molecule has 1 saturated heterocycles.